The molecule has 82 valence electrons. The summed E-state index contributed by atoms with van der Waals surface area (Å²) in [5, 5.41) is 11.0. The molecule has 0 aliphatic carbocycles. The van der Waals surface area contributed by atoms with Crippen molar-refractivity contribution in [3.05, 3.63) is 48.0 Å². The highest BCUT2D eigenvalue weighted by Crippen LogP contribution is 2.16. The number of hydrogen-bond acceptors (Lipinski definition) is 4. The van der Waals surface area contributed by atoms with E-state index in [-0.39, 0.29) is 6.04 Å². The van der Waals surface area contributed by atoms with Gasteiger partial charge in [0, 0.05) is 6.04 Å². The van der Waals surface area contributed by atoms with Crippen molar-refractivity contribution in [1.29, 1.82) is 0 Å². The third kappa shape index (κ3) is 2.48. The van der Waals surface area contributed by atoms with E-state index < -0.39 is 0 Å². The second-order valence-electron chi connectivity index (χ2n) is 3.62. The number of nitrogen functional groups attached to an aromatic ring is 1. The van der Waals surface area contributed by atoms with Gasteiger partial charge in [-0.2, -0.15) is 0 Å². The monoisotopic (exact) mass is 214 g/mol. The average molecular weight is 214 g/mol. The zero-order valence-corrected chi connectivity index (χ0v) is 9.09. The minimum atomic E-state index is 0.194. The molecule has 0 aliphatic heterocycles. The number of benzene rings is 1. The molecule has 1 unspecified atom stereocenters. The minimum absolute atomic E-state index is 0.194. The first-order chi connectivity index (χ1) is 7.75. The van der Waals surface area contributed by atoms with Crippen LogP contribution in [0, 0.1) is 0 Å². The van der Waals surface area contributed by atoms with E-state index in [1.165, 1.54) is 5.56 Å². The van der Waals surface area contributed by atoms with Crippen LogP contribution in [0.5, 0.6) is 0 Å². The zero-order valence-electron chi connectivity index (χ0n) is 9.09. The van der Waals surface area contributed by atoms with Crippen molar-refractivity contribution >= 4 is 11.6 Å². The van der Waals surface area contributed by atoms with Crippen LogP contribution in [-0.2, 0) is 0 Å². The standard InChI is InChI=1S/C12H14N4/c1-9(10-5-3-2-4-6-10)14-12-8-7-11(13)15-16-12/h2-9H,1H3,(H2,13,15)(H,14,16). The van der Waals surface area contributed by atoms with E-state index in [1.54, 1.807) is 6.07 Å². The summed E-state index contributed by atoms with van der Waals surface area (Å²) in [5.41, 5.74) is 6.68. The molecule has 0 saturated carbocycles. The molecule has 0 bridgehead atoms. The van der Waals surface area contributed by atoms with Gasteiger partial charge in [-0.3, -0.25) is 0 Å². The maximum Gasteiger partial charge on any atom is 0.149 e. The lowest BCUT2D eigenvalue weighted by Crippen LogP contribution is -2.08. The highest BCUT2D eigenvalue weighted by atomic mass is 15.2. The summed E-state index contributed by atoms with van der Waals surface area (Å²) in [6, 6.07) is 13.9. The second kappa shape index (κ2) is 4.61. The molecule has 0 radical (unpaired) electrons. The fourth-order valence-electron chi connectivity index (χ4n) is 1.47. The Labute approximate surface area is 94.5 Å². The van der Waals surface area contributed by atoms with Gasteiger partial charge < -0.3 is 11.1 Å². The van der Waals surface area contributed by atoms with Crippen LogP contribution in [0.1, 0.15) is 18.5 Å². The summed E-state index contributed by atoms with van der Waals surface area (Å²) in [4.78, 5) is 0. The molecule has 0 saturated heterocycles. The first kappa shape index (κ1) is 10.4. The third-order valence-corrected chi connectivity index (χ3v) is 2.35. The summed E-state index contributed by atoms with van der Waals surface area (Å²) in [6.45, 7) is 2.08. The Balaban J connectivity index is 2.08. The van der Waals surface area contributed by atoms with Gasteiger partial charge in [0.25, 0.3) is 0 Å². The van der Waals surface area contributed by atoms with Crippen LogP contribution in [0.25, 0.3) is 0 Å². The molecular weight excluding hydrogens is 200 g/mol. The van der Waals surface area contributed by atoms with Gasteiger partial charge in [0.15, 0.2) is 0 Å². The SMILES string of the molecule is CC(Nc1ccc(N)nn1)c1ccccc1. The third-order valence-electron chi connectivity index (χ3n) is 2.35. The lowest BCUT2D eigenvalue weighted by Gasteiger charge is -2.14. The normalized spacial score (nSPS) is 12.1. The Bertz CT molecular complexity index is 438. The zero-order chi connectivity index (χ0) is 11.4. The molecule has 0 amide bonds. The van der Waals surface area contributed by atoms with Gasteiger partial charge in [0.2, 0.25) is 0 Å². The quantitative estimate of drug-likeness (QED) is 0.822. The number of rotatable bonds is 3. The summed E-state index contributed by atoms with van der Waals surface area (Å²) in [7, 11) is 0. The summed E-state index contributed by atoms with van der Waals surface area (Å²) >= 11 is 0. The van der Waals surface area contributed by atoms with Crippen molar-refractivity contribution in [2.75, 3.05) is 11.1 Å². The van der Waals surface area contributed by atoms with Gasteiger partial charge in [-0.25, -0.2) is 0 Å². The summed E-state index contributed by atoms with van der Waals surface area (Å²) in [6.07, 6.45) is 0. The molecular formula is C12H14N4. The van der Waals surface area contributed by atoms with Crippen molar-refractivity contribution in [3.8, 4) is 0 Å². The van der Waals surface area contributed by atoms with Crippen LogP contribution in [0.3, 0.4) is 0 Å². The van der Waals surface area contributed by atoms with Gasteiger partial charge in [-0.05, 0) is 24.6 Å². The Morgan fingerprint density at radius 2 is 1.81 bits per heavy atom. The molecule has 4 heteroatoms. The molecule has 1 aromatic carbocycles. The van der Waals surface area contributed by atoms with E-state index in [9.17, 15) is 0 Å². The Morgan fingerprint density at radius 3 is 2.44 bits per heavy atom. The fourth-order valence-corrected chi connectivity index (χ4v) is 1.47. The first-order valence-corrected chi connectivity index (χ1v) is 5.16. The largest absolute Gasteiger partial charge is 0.382 e. The van der Waals surface area contributed by atoms with Crippen molar-refractivity contribution in [2.45, 2.75) is 13.0 Å². The summed E-state index contributed by atoms with van der Waals surface area (Å²) < 4.78 is 0. The van der Waals surface area contributed by atoms with Gasteiger partial charge in [0.1, 0.15) is 11.6 Å². The highest BCUT2D eigenvalue weighted by Gasteiger charge is 2.04. The lowest BCUT2D eigenvalue weighted by atomic mass is 10.1. The Hall–Kier alpha value is -2.10. The lowest BCUT2D eigenvalue weighted by molar-refractivity contribution is 0.862. The number of hydrogen-bond donors (Lipinski definition) is 2. The molecule has 1 heterocycles. The van der Waals surface area contributed by atoms with E-state index in [0.29, 0.717) is 5.82 Å². The molecule has 4 nitrogen and oxygen atoms in total. The maximum atomic E-state index is 5.47. The minimum Gasteiger partial charge on any atom is -0.382 e. The van der Waals surface area contributed by atoms with E-state index in [1.807, 2.05) is 24.3 Å². The number of nitrogens with one attached hydrogen (secondary N) is 1. The Morgan fingerprint density at radius 1 is 1.06 bits per heavy atom. The predicted molar refractivity (Wildman–Crippen MR) is 64.9 cm³/mol. The van der Waals surface area contributed by atoms with Crippen LogP contribution >= 0.6 is 0 Å². The van der Waals surface area contributed by atoms with Gasteiger partial charge in [-0.1, -0.05) is 30.3 Å². The number of anilines is 2. The van der Waals surface area contributed by atoms with Crippen LogP contribution in [0.4, 0.5) is 11.6 Å². The number of nitrogens with zero attached hydrogens (tertiary/aromatic N) is 2. The second-order valence-corrected chi connectivity index (χ2v) is 3.62. The fraction of sp³-hybridized carbons (Fsp3) is 0.167. The number of aromatic nitrogens is 2. The smallest absolute Gasteiger partial charge is 0.149 e. The van der Waals surface area contributed by atoms with Gasteiger partial charge in [0.05, 0.1) is 0 Å². The van der Waals surface area contributed by atoms with E-state index in [4.69, 9.17) is 5.73 Å². The first-order valence-electron chi connectivity index (χ1n) is 5.16. The van der Waals surface area contributed by atoms with E-state index in [0.717, 1.165) is 5.82 Å². The highest BCUT2D eigenvalue weighted by molar-refractivity contribution is 5.40. The molecule has 2 rings (SSSR count). The summed E-state index contributed by atoms with van der Waals surface area (Å²) in [5.74, 6) is 1.16. The van der Waals surface area contributed by atoms with Crippen molar-refractivity contribution < 1.29 is 0 Å². The molecule has 1 aromatic heterocycles. The maximum absolute atomic E-state index is 5.47. The Kier molecular flexibility index (Phi) is 3.00. The van der Waals surface area contributed by atoms with Crippen LogP contribution < -0.4 is 11.1 Å². The van der Waals surface area contributed by atoms with Crippen LogP contribution in [-0.4, -0.2) is 10.2 Å². The van der Waals surface area contributed by atoms with Crippen LogP contribution in [0.15, 0.2) is 42.5 Å². The molecule has 2 aromatic rings. The predicted octanol–water partition coefficient (Wildman–Crippen LogP) is 2.23. The topological polar surface area (TPSA) is 63.8 Å². The van der Waals surface area contributed by atoms with Crippen LogP contribution in [0.2, 0.25) is 0 Å². The van der Waals surface area contributed by atoms with E-state index >= 15 is 0 Å². The van der Waals surface area contributed by atoms with Crippen molar-refractivity contribution in [3.63, 3.8) is 0 Å². The van der Waals surface area contributed by atoms with Gasteiger partial charge in [-0.15, -0.1) is 10.2 Å². The van der Waals surface area contributed by atoms with Crippen molar-refractivity contribution in [2.24, 2.45) is 0 Å². The number of nitrogens with two attached hydrogens (primary N) is 1. The van der Waals surface area contributed by atoms with E-state index in [2.05, 4.69) is 34.6 Å². The van der Waals surface area contributed by atoms with Crippen molar-refractivity contribution in [1.82, 2.24) is 10.2 Å². The molecule has 3 N–H and O–H groups in total. The molecule has 16 heavy (non-hydrogen) atoms. The van der Waals surface area contributed by atoms with Gasteiger partial charge >= 0.3 is 0 Å². The molecule has 0 spiro atoms. The molecule has 0 aliphatic rings. The molecule has 1 atom stereocenters. The average Bonchev–Trinajstić information content (AvgIpc) is 2.33. The molecule has 0 fully saturated rings.